The second-order valence-corrected chi connectivity index (χ2v) is 6.48. The Hall–Kier alpha value is -2.34. The maximum absolute atomic E-state index is 12.2. The number of nitrogens with one attached hydrogen (secondary N) is 1. The van der Waals surface area contributed by atoms with Gasteiger partial charge in [-0.15, -0.1) is 0 Å². The van der Waals surface area contributed by atoms with E-state index in [-0.39, 0.29) is 11.2 Å². The van der Waals surface area contributed by atoms with E-state index >= 15 is 0 Å². The van der Waals surface area contributed by atoms with Crippen molar-refractivity contribution in [1.82, 2.24) is 15.3 Å². The fourth-order valence-corrected chi connectivity index (χ4v) is 3.21. The number of carbonyl (C=O) groups excluding carboxylic acids is 1. The Morgan fingerprint density at radius 2 is 2.09 bits per heavy atom. The first-order valence-electron chi connectivity index (χ1n) is 7.33. The number of nitrogens with zero attached hydrogens (tertiary/aromatic N) is 2. The zero-order valence-electron chi connectivity index (χ0n) is 12.9. The molecule has 2 heterocycles. The van der Waals surface area contributed by atoms with Gasteiger partial charge < -0.3 is 9.73 Å². The average molecular weight is 327 g/mol. The summed E-state index contributed by atoms with van der Waals surface area (Å²) in [6, 6.07) is 11.5. The van der Waals surface area contributed by atoms with Gasteiger partial charge in [-0.3, -0.25) is 4.79 Å². The highest BCUT2D eigenvalue weighted by atomic mass is 32.2. The first-order chi connectivity index (χ1) is 11.1. The molecule has 5 nitrogen and oxygen atoms in total. The number of thioether (sulfide) groups is 1. The summed E-state index contributed by atoms with van der Waals surface area (Å²) in [5.74, 6) is 1.39. The topological polar surface area (TPSA) is 68.0 Å². The molecule has 0 spiro atoms. The highest BCUT2D eigenvalue weighted by Crippen LogP contribution is 2.28. The van der Waals surface area contributed by atoms with E-state index in [1.54, 1.807) is 12.3 Å². The van der Waals surface area contributed by atoms with Gasteiger partial charge >= 0.3 is 0 Å². The van der Waals surface area contributed by atoms with Gasteiger partial charge in [-0.1, -0.05) is 30.0 Å². The molecule has 0 bridgehead atoms. The molecule has 0 saturated heterocycles. The molecule has 0 saturated carbocycles. The number of benzene rings is 1. The lowest BCUT2D eigenvalue weighted by molar-refractivity contribution is -0.120. The van der Waals surface area contributed by atoms with E-state index < -0.39 is 0 Å². The third-order valence-electron chi connectivity index (χ3n) is 3.35. The number of aryl methyl sites for hydroxylation is 1. The minimum Gasteiger partial charge on any atom is -0.467 e. The van der Waals surface area contributed by atoms with Gasteiger partial charge in [0.25, 0.3) is 0 Å². The van der Waals surface area contributed by atoms with Crippen LogP contribution in [0.2, 0.25) is 0 Å². The Kier molecular flexibility index (Phi) is 4.62. The molecule has 0 aliphatic heterocycles. The molecule has 0 aliphatic carbocycles. The molecule has 23 heavy (non-hydrogen) atoms. The van der Waals surface area contributed by atoms with Crippen LogP contribution in [-0.2, 0) is 11.3 Å². The monoisotopic (exact) mass is 327 g/mol. The molecule has 1 atom stereocenters. The van der Waals surface area contributed by atoms with Gasteiger partial charge in [0.2, 0.25) is 5.91 Å². The predicted molar refractivity (Wildman–Crippen MR) is 90.1 cm³/mol. The lowest BCUT2D eigenvalue weighted by Crippen LogP contribution is -2.30. The number of para-hydroxylation sites is 1. The smallest absolute Gasteiger partial charge is 0.233 e. The van der Waals surface area contributed by atoms with Gasteiger partial charge in [-0.05, 0) is 32.0 Å². The van der Waals surface area contributed by atoms with Crippen LogP contribution < -0.4 is 5.32 Å². The van der Waals surface area contributed by atoms with Crippen molar-refractivity contribution in [2.45, 2.75) is 30.7 Å². The molecule has 3 rings (SSSR count). The zero-order chi connectivity index (χ0) is 16.2. The van der Waals surface area contributed by atoms with Gasteiger partial charge in [-0.25, -0.2) is 9.97 Å². The van der Waals surface area contributed by atoms with Crippen molar-refractivity contribution in [3.63, 3.8) is 0 Å². The molecule has 1 aromatic carbocycles. The van der Waals surface area contributed by atoms with Crippen LogP contribution in [0.3, 0.4) is 0 Å². The number of rotatable bonds is 5. The van der Waals surface area contributed by atoms with Crippen LogP contribution in [0.4, 0.5) is 0 Å². The number of amides is 1. The van der Waals surface area contributed by atoms with Gasteiger partial charge in [0, 0.05) is 5.39 Å². The quantitative estimate of drug-likeness (QED) is 0.575. The van der Waals surface area contributed by atoms with Crippen molar-refractivity contribution in [2.75, 3.05) is 0 Å². The van der Waals surface area contributed by atoms with Crippen LogP contribution >= 0.6 is 11.8 Å². The maximum atomic E-state index is 12.2. The van der Waals surface area contributed by atoms with Gasteiger partial charge in [0.05, 0.1) is 23.6 Å². The number of carbonyl (C=O) groups is 1. The van der Waals surface area contributed by atoms with Crippen molar-refractivity contribution in [1.29, 1.82) is 0 Å². The van der Waals surface area contributed by atoms with Gasteiger partial charge in [0.1, 0.15) is 16.6 Å². The molecule has 0 radical (unpaired) electrons. The summed E-state index contributed by atoms with van der Waals surface area (Å²) in [4.78, 5) is 21.2. The first-order valence-corrected chi connectivity index (χ1v) is 8.21. The maximum Gasteiger partial charge on any atom is 0.233 e. The summed E-state index contributed by atoms with van der Waals surface area (Å²) >= 11 is 1.44. The second kappa shape index (κ2) is 6.83. The van der Waals surface area contributed by atoms with Crippen LogP contribution in [-0.4, -0.2) is 21.1 Å². The molecule has 118 valence electrons. The lowest BCUT2D eigenvalue weighted by Gasteiger charge is -2.12. The van der Waals surface area contributed by atoms with Crippen molar-refractivity contribution in [3.8, 4) is 0 Å². The molecule has 0 aliphatic rings. The molecule has 0 fully saturated rings. The summed E-state index contributed by atoms with van der Waals surface area (Å²) < 4.78 is 5.21. The van der Waals surface area contributed by atoms with Crippen molar-refractivity contribution in [3.05, 3.63) is 54.2 Å². The third-order valence-corrected chi connectivity index (χ3v) is 4.46. The number of hydrogen-bond acceptors (Lipinski definition) is 5. The highest BCUT2D eigenvalue weighted by molar-refractivity contribution is 8.00. The van der Waals surface area contributed by atoms with E-state index in [0.29, 0.717) is 12.4 Å². The van der Waals surface area contributed by atoms with Crippen LogP contribution in [0.15, 0.2) is 52.1 Å². The zero-order valence-corrected chi connectivity index (χ0v) is 13.8. The average Bonchev–Trinajstić information content (AvgIpc) is 3.05. The number of furan rings is 1. The standard InChI is InChI=1S/C17H17N3O2S/c1-11(16(21)18-10-13-6-5-9-22-13)23-17-14-7-3-4-8-15(14)19-12(2)20-17/h3-9,11H,10H2,1-2H3,(H,18,21)/t11-/m0/s1. The SMILES string of the molecule is Cc1nc(S[C@@H](C)C(=O)NCc2ccco2)c2ccccc2n1. The molecule has 1 amide bonds. The van der Waals surface area contributed by atoms with E-state index in [1.807, 2.05) is 44.2 Å². The lowest BCUT2D eigenvalue weighted by atomic mass is 10.2. The van der Waals surface area contributed by atoms with E-state index in [9.17, 15) is 4.79 Å². The number of aromatic nitrogens is 2. The van der Waals surface area contributed by atoms with Crippen molar-refractivity contribution >= 4 is 28.6 Å². The van der Waals surface area contributed by atoms with Crippen LogP contribution in [0.1, 0.15) is 18.5 Å². The molecular formula is C17H17N3O2S. The summed E-state index contributed by atoms with van der Waals surface area (Å²) in [7, 11) is 0. The van der Waals surface area contributed by atoms with Crippen molar-refractivity contribution < 1.29 is 9.21 Å². The third kappa shape index (κ3) is 3.71. The summed E-state index contributed by atoms with van der Waals surface area (Å²) in [6.07, 6.45) is 1.59. The highest BCUT2D eigenvalue weighted by Gasteiger charge is 2.17. The van der Waals surface area contributed by atoms with Crippen LogP contribution in [0, 0.1) is 6.92 Å². The Morgan fingerprint density at radius 3 is 2.87 bits per heavy atom. The molecule has 1 N–H and O–H groups in total. The minimum absolute atomic E-state index is 0.0493. The fraction of sp³-hybridized carbons (Fsp3) is 0.235. The van der Waals surface area contributed by atoms with E-state index in [1.165, 1.54) is 11.8 Å². The van der Waals surface area contributed by atoms with Gasteiger partial charge in [-0.2, -0.15) is 0 Å². The van der Waals surface area contributed by atoms with E-state index in [4.69, 9.17) is 4.42 Å². The van der Waals surface area contributed by atoms with Crippen LogP contribution in [0.25, 0.3) is 10.9 Å². The Bertz CT molecular complexity index is 818. The Morgan fingerprint density at radius 1 is 1.26 bits per heavy atom. The molecular weight excluding hydrogens is 310 g/mol. The molecule has 0 unspecified atom stereocenters. The normalized spacial score (nSPS) is 12.3. The van der Waals surface area contributed by atoms with Crippen molar-refractivity contribution in [2.24, 2.45) is 0 Å². The molecule has 6 heteroatoms. The number of hydrogen-bond donors (Lipinski definition) is 1. The Labute approximate surface area is 138 Å². The molecule has 3 aromatic rings. The van der Waals surface area contributed by atoms with Gasteiger partial charge in [0.15, 0.2) is 0 Å². The van der Waals surface area contributed by atoms with E-state index in [2.05, 4.69) is 15.3 Å². The summed E-state index contributed by atoms with van der Waals surface area (Å²) in [5.41, 5.74) is 0.894. The second-order valence-electron chi connectivity index (χ2n) is 5.15. The summed E-state index contributed by atoms with van der Waals surface area (Å²) in [5, 5.41) is 4.40. The number of fused-ring (bicyclic) bond motifs is 1. The van der Waals surface area contributed by atoms with Crippen LogP contribution in [0.5, 0.6) is 0 Å². The molecule has 2 aromatic heterocycles. The first kappa shape index (κ1) is 15.6. The minimum atomic E-state index is -0.261. The largest absolute Gasteiger partial charge is 0.467 e. The fourth-order valence-electron chi connectivity index (χ4n) is 2.20. The predicted octanol–water partition coefficient (Wildman–Crippen LogP) is 3.33. The summed E-state index contributed by atoms with van der Waals surface area (Å²) in [6.45, 7) is 4.12. The Balaban J connectivity index is 1.72. The van der Waals surface area contributed by atoms with E-state index in [0.717, 1.165) is 21.7 Å².